The molecule has 1 aliphatic carbocycles. The third-order valence-corrected chi connectivity index (χ3v) is 7.68. The predicted octanol–water partition coefficient (Wildman–Crippen LogP) is 2.62. The van der Waals surface area contributed by atoms with Gasteiger partial charge in [0, 0.05) is 19.1 Å². The highest BCUT2D eigenvalue weighted by Crippen LogP contribution is 2.50. The van der Waals surface area contributed by atoms with Crippen LogP contribution < -0.4 is 5.73 Å². The number of likely N-dealkylation sites (tertiary alicyclic amines) is 1. The van der Waals surface area contributed by atoms with Gasteiger partial charge in [-0.15, -0.1) is 0 Å². The number of carbonyl (C=O) groups is 1. The second-order valence-electron chi connectivity index (χ2n) is 10.2. The summed E-state index contributed by atoms with van der Waals surface area (Å²) >= 11 is 0. The molecule has 3 rings (SSSR count). The second-order valence-corrected chi connectivity index (χ2v) is 10.2. The van der Waals surface area contributed by atoms with Gasteiger partial charge in [-0.05, 0) is 78.5 Å². The largest absolute Gasteiger partial charge is 0.480 e. The standard InChI is InChI=1S/C20H37BN2O4/c1-13(2)23-11-14-10-20(22,17(24)25)16(15(14)12-23)8-7-9-21-26-18(3,4)19(5,6)27-21/h13-16H,7-12,22H2,1-6H3,(H,24,25)/t14-,15+,16-,20-/m0/s1. The summed E-state index contributed by atoms with van der Waals surface area (Å²) in [7, 11) is -0.222. The molecule has 4 atom stereocenters. The van der Waals surface area contributed by atoms with Gasteiger partial charge in [-0.25, -0.2) is 0 Å². The highest BCUT2D eigenvalue weighted by Gasteiger charge is 2.58. The number of hydrogen-bond acceptors (Lipinski definition) is 5. The summed E-state index contributed by atoms with van der Waals surface area (Å²) in [4.78, 5) is 14.5. The Kier molecular flexibility index (Phi) is 5.48. The van der Waals surface area contributed by atoms with Crippen molar-refractivity contribution in [2.24, 2.45) is 23.5 Å². The molecule has 7 heteroatoms. The Balaban J connectivity index is 1.62. The highest BCUT2D eigenvalue weighted by atomic mass is 16.7. The van der Waals surface area contributed by atoms with Gasteiger partial charge in [-0.3, -0.25) is 4.79 Å². The van der Waals surface area contributed by atoms with Crippen LogP contribution in [0.2, 0.25) is 6.32 Å². The van der Waals surface area contributed by atoms with Gasteiger partial charge in [-0.1, -0.05) is 6.42 Å². The van der Waals surface area contributed by atoms with Crippen LogP contribution in [0.15, 0.2) is 0 Å². The molecule has 0 bridgehead atoms. The van der Waals surface area contributed by atoms with Crippen LogP contribution in [0.3, 0.4) is 0 Å². The molecule has 1 saturated carbocycles. The maximum Gasteiger partial charge on any atom is 0.457 e. The molecule has 0 aromatic heterocycles. The smallest absolute Gasteiger partial charge is 0.457 e. The van der Waals surface area contributed by atoms with Crippen molar-refractivity contribution in [3.63, 3.8) is 0 Å². The van der Waals surface area contributed by atoms with Crippen molar-refractivity contribution < 1.29 is 19.2 Å². The zero-order valence-corrected chi connectivity index (χ0v) is 17.8. The fourth-order valence-corrected chi connectivity index (χ4v) is 5.30. The van der Waals surface area contributed by atoms with Crippen molar-refractivity contribution in [2.45, 2.75) is 89.9 Å². The molecule has 2 saturated heterocycles. The molecule has 0 aromatic carbocycles. The Bertz CT molecular complexity index is 566. The summed E-state index contributed by atoms with van der Waals surface area (Å²) in [6.45, 7) is 14.6. The van der Waals surface area contributed by atoms with Gasteiger partial charge < -0.3 is 25.0 Å². The normalized spacial score (nSPS) is 37.9. The number of rotatable bonds is 6. The maximum atomic E-state index is 12.0. The fraction of sp³-hybridized carbons (Fsp3) is 0.950. The van der Waals surface area contributed by atoms with E-state index in [1.807, 2.05) is 0 Å². The van der Waals surface area contributed by atoms with E-state index in [9.17, 15) is 9.90 Å². The quantitative estimate of drug-likeness (QED) is 0.689. The molecule has 0 amide bonds. The van der Waals surface area contributed by atoms with E-state index < -0.39 is 11.5 Å². The van der Waals surface area contributed by atoms with E-state index in [0.717, 1.165) is 32.3 Å². The number of carboxylic acids is 1. The van der Waals surface area contributed by atoms with Crippen molar-refractivity contribution in [3.8, 4) is 0 Å². The average molecular weight is 380 g/mol. The molecule has 3 fully saturated rings. The summed E-state index contributed by atoms with van der Waals surface area (Å²) in [6.07, 6.45) is 3.07. The average Bonchev–Trinajstić information content (AvgIpc) is 3.09. The van der Waals surface area contributed by atoms with Crippen LogP contribution in [0.1, 0.15) is 60.8 Å². The molecule has 0 spiro atoms. The van der Waals surface area contributed by atoms with E-state index >= 15 is 0 Å². The van der Waals surface area contributed by atoms with Crippen LogP contribution in [-0.2, 0) is 14.1 Å². The molecule has 27 heavy (non-hydrogen) atoms. The number of aliphatic carboxylic acids is 1. The van der Waals surface area contributed by atoms with Gasteiger partial charge in [0.25, 0.3) is 0 Å². The molecule has 3 N–H and O–H groups in total. The summed E-state index contributed by atoms with van der Waals surface area (Å²) in [5, 5.41) is 9.83. The summed E-state index contributed by atoms with van der Waals surface area (Å²) in [5.41, 5.74) is 4.73. The van der Waals surface area contributed by atoms with Gasteiger partial charge >= 0.3 is 13.1 Å². The van der Waals surface area contributed by atoms with E-state index in [2.05, 4.69) is 46.4 Å². The van der Waals surface area contributed by atoms with Gasteiger partial charge in [0.05, 0.1) is 11.2 Å². The van der Waals surface area contributed by atoms with Crippen LogP contribution in [-0.4, -0.2) is 59.0 Å². The zero-order chi connectivity index (χ0) is 20.2. The predicted molar refractivity (Wildman–Crippen MR) is 106 cm³/mol. The van der Waals surface area contributed by atoms with Gasteiger partial charge in [0.2, 0.25) is 0 Å². The van der Waals surface area contributed by atoms with Gasteiger partial charge in [0.15, 0.2) is 0 Å². The lowest BCUT2D eigenvalue weighted by atomic mass is 9.75. The first-order valence-electron chi connectivity index (χ1n) is 10.5. The minimum atomic E-state index is -1.09. The van der Waals surface area contributed by atoms with Crippen molar-refractivity contribution in [1.29, 1.82) is 0 Å². The number of carboxylic acid groups (broad SMARTS) is 1. The Hall–Kier alpha value is -0.625. The second kappa shape index (κ2) is 7.01. The lowest BCUT2D eigenvalue weighted by Gasteiger charge is -2.32. The molecular weight excluding hydrogens is 343 g/mol. The molecule has 6 nitrogen and oxygen atoms in total. The monoisotopic (exact) mass is 380 g/mol. The lowest BCUT2D eigenvalue weighted by molar-refractivity contribution is -0.145. The van der Waals surface area contributed by atoms with Crippen LogP contribution in [0.4, 0.5) is 0 Å². The summed E-state index contributed by atoms with van der Waals surface area (Å²) < 4.78 is 12.2. The maximum absolute atomic E-state index is 12.0. The van der Waals surface area contributed by atoms with Gasteiger partial charge in [-0.2, -0.15) is 0 Å². The summed E-state index contributed by atoms with van der Waals surface area (Å²) in [5.74, 6) is -0.0399. The first kappa shape index (κ1) is 21.1. The lowest BCUT2D eigenvalue weighted by Crippen LogP contribution is -2.53. The number of nitrogens with zero attached hydrogens (tertiary/aromatic N) is 1. The van der Waals surface area contributed by atoms with E-state index in [-0.39, 0.29) is 24.2 Å². The molecular formula is C20H37BN2O4. The SMILES string of the molecule is CC(C)N1C[C@@H]2C[C@@](N)(C(=O)O)[C@@H](CCCB3OC(C)(C)C(C)(C)O3)[C@@H]2C1. The first-order valence-corrected chi connectivity index (χ1v) is 10.5. The Morgan fingerprint density at radius 2 is 1.81 bits per heavy atom. The molecule has 0 unspecified atom stereocenters. The topological polar surface area (TPSA) is 85.0 Å². The molecule has 2 aliphatic heterocycles. The number of hydrogen-bond donors (Lipinski definition) is 2. The highest BCUT2D eigenvalue weighted by molar-refractivity contribution is 6.45. The van der Waals surface area contributed by atoms with Crippen LogP contribution in [0.5, 0.6) is 0 Å². The van der Waals surface area contributed by atoms with Gasteiger partial charge in [0.1, 0.15) is 5.54 Å². The van der Waals surface area contributed by atoms with Crippen molar-refractivity contribution in [2.75, 3.05) is 13.1 Å². The Morgan fingerprint density at radius 1 is 1.22 bits per heavy atom. The van der Waals surface area contributed by atoms with E-state index in [1.165, 1.54) is 0 Å². The third-order valence-electron chi connectivity index (χ3n) is 7.68. The molecule has 3 aliphatic rings. The number of nitrogens with two attached hydrogens (primary N) is 1. The van der Waals surface area contributed by atoms with Crippen molar-refractivity contribution >= 4 is 13.1 Å². The van der Waals surface area contributed by atoms with E-state index in [1.54, 1.807) is 0 Å². The molecule has 154 valence electrons. The molecule has 2 heterocycles. The first-order chi connectivity index (χ1) is 12.4. The van der Waals surface area contributed by atoms with Crippen molar-refractivity contribution in [3.05, 3.63) is 0 Å². The summed E-state index contributed by atoms with van der Waals surface area (Å²) in [6, 6.07) is 0.498. The van der Waals surface area contributed by atoms with Crippen LogP contribution in [0, 0.1) is 17.8 Å². The fourth-order valence-electron chi connectivity index (χ4n) is 5.30. The molecule has 0 aromatic rings. The Morgan fingerprint density at radius 3 is 2.33 bits per heavy atom. The Labute approximate surface area is 164 Å². The molecule has 0 radical (unpaired) electrons. The zero-order valence-electron chi connectivity index (χ0n) is 17.8. The minimum Gasteiger partial charge on any atom is -0.480 e. The third kappa shape index (κ3) is 3.68. The van der Waals surface area contributed by atoms with Crippen molar-refractivity contribution in [1.82, 2.24) is 4.90 Å². The van der Waals surface area contributed by atoms with Crippen LogP contribution >= 0.6 is 0 Å². The van der Waals surface area contributed by atoms with Crippen LogP contribution in [0.25, 0.3) is 0 Å². The number of fused-ring (bicyclic) bond motifs is 1. The minimum absolute atomic E-state index is 0.0196. The van der Waals surface area contributed by atoms with E-state index in [0.29, 0.717) is 24.3 Å². The van der Waals surface area contributed by atoms with E-state index in [4.69, 9.17) is 15.0 Å².